The maximum Gasteiger partial charge on any atom is 0.343 e. The lowest BCUT2D eigenvalue weighted by Gasteiger charge is -2.25. The minimum Gasteiger partial charge on any atom is -0.490 e. The third-order valence-electron chi connectivity index (χ3n) is 8.12. The Morgan fingerprint density at radius 1 is 0.980 bits per heavy atom. The lowest BCUT2D eigenvalue weighted by atomic mass is 9.95. The molecule has 10 nitrogen and oxygen atoms in total. The Balaban J connectivity index is 1.48. The Morgan fingerprint density at radius 3 is 2.52 bits per heavy atom. The number of aromatic nitrogens is 2. The van der Waals surface area contributed by atoms with Crippen LogP contribution in [0.1, 0.15) is 43.5 Å². The first kappa shape index (κ1) is 35.0. The van der Waals surface area contributed by atoms with E-state index in [0.717, 1.165) is 22.0 Å². The summed E-state index contributed by atoms with van der Waals surface area (Å²) in [4.78, 5) is 44.7. The molecule has 0 fully saturated rings. The zero-order valence-electron chi connectivity index (χ0n) is 27.7. The molecule has 0 spiro atoms. The summed E-state index contributed by atoms with van der Waals surface area (Å²) < 4.78 is 25.7. The minimum absolute atomic E-state index is 0.142. The first-order chi connectivity index (χ1) is 24.1. The molecule has 0 N–H and O–H groups in total. The van der Waals surface area contributed by atoms with Gasteiger partial charge in [-0.25, -0.2) is 14.6 Å². The van der Waals surface area contributed by atoms with Crippen LogP contribution >= 0.6 is 34.5 Å². The average Bonchev–Trinajstić information content (AvgIpc) is 3.60. The second-order valence-corrected chi connectivity index (χ2v) is 13.1. The molecule has 6 rings (SSSR count). The molecule has 3 heterocycles. The molecule has 258 valence electrons. The maximum absolute atomic E-state index is 14.4. The number of halogens is 2. The highest BCUT2D eigenvalue weighted by Gasteiger charge is 2.34. The van der Waals surface area contributed by atoms with Gasteiger partial charge < -0.3 is 23.5 Å². The van der Waals surface area contributed by atoms with E-state index in [1.165, 1.54) is 23.0 Å². The minimum atomic E-state index is -0.877. The van der Waals surface area contributed by atoms with E-state index in [2.05, 4.69) is 4.57 Å². The van der Waals surface area contributed by atoms with Gasteiger partial charge in [0.05, 0.1) is 52.2 Å². The van der Waals surface area contributed by atoms with Crippen molar-refractivity contribution in [2.75, 3.05) is 26.9 Å². The van der Waals surface area contributed by atoms with Crippen LogP contribution in [0.5, 0.6) is 11.5 Å². The Hall–Kier alpha value is -4.84. The number of methoxy groups -OCH3 is 1. The number of benzene rings is 3. The second kappa shape index (κ2) is 15.0. The molecule has 0 bridgehead atoms. The number of ether oxygens (including phenoxy) is 4. The largest absolute Gasteiger partial charge is 0.490 e. The van der Waals surface area contributed by atoms with Crippen molar-refractivity contribution in [1.29, 1.82) is 0 Å². The zero-order valence-corrected chi connectivity index (χ0v) is 30.0. The molecule has 5 aromatic rings. The van der Waals surface area contributed by atoms with E-state index in [0.29, 0.717) is 55.3 Å². The van der Waals surface area contributed by atoms with Crippen LogP contribution in [0.4, 0.5) is 0 Å². The molecule has 1 atom stereocenters. The van der Waals surface area contributed by atoms with Crippen LogP contribution in [-0.4, -0.2) is 48.0 Å². The van der Waals surface area contributed by atoms with Crippen molar-refractivity contribution in [3.05, 3.63) is 125 Å². The van der Waals surface area contributed by atoms with E-state index in [1.54, 1.807) is 38.1 Å². The lowest BCUT2D eigenvalue weighted by molar-refractivity contribution is -0.143. The number of rotatable bonds is 11. The van der Waals surface area contributed by atoms with E-state index in [-0.39, 0.29) is 24.3 Å². The molecule has 0 amide bonds. The third-order valence-corrected chi connectivity index (χ3v) is 9.84. The second-order valence-electron chi connectivity index (χ2n) is 11.3. The van der Waals surface area contributed by atoms with E-state index in [9.17, 15) is 14.4 Å². The standard InChI is InChI=1S/C37H33Cl2N3O7S/c1-5-47-30-16-23(12-14-29(30)49-20-32(43)46-4)34-33(36(45)48-6-2)21(3)40-37-42(34)35(44)31(50-37)17-24-19-41(28-10-8-7-9-25(24)28)18-22-11-13-26(38)27(39)15-22/h7-17,19,34H,5-6,18,20H2,1-4H3/b31-17+/t34-/m0/s1. The highest BCUT2D eigenvalue weighted by Crippen LogP contribution is 2.36. The quantitative estimate of drug-likeness (QED) is 0.152. The summed E-state index contributed by atoms with van der Waals surface area (Å²) >= 11 is 13.7. The summed E-state index contributed by atoms with van der Waals surface area (Å²) in [6.45, 7) is 5.93. The van der Waals surface area contributed by atoms with Crippen LogP contribution in [0.15, 0.2) is 87.9 Å². The first-order valence-corrected chi connectivity index (χ1v) is 17.4. The van der Waals surface area contributed by atoms with Gasteiger partial charge in [0.25, 0.3) is 5.56 Å². The summed E-state index contributed by atoms with van der Waals surface area (Å²) in [7, 11) is 1.27. The van der Waals surface area contributed by atoms with Crippen LogP contribution in [0.3, 0.4) is 0 Å². The Kier molecular flexibility index (Phi) is 10.5. The van der Waals surface area contributed by atoms with Crippen molar-refractivity contribution in [3.63, 3.8) is 0 Å². The van der Waals surface area contributed by atoms with Crippen molar-refractivity contribution in [2.24, 2.45) is 4.99 Å². The summed E-state index contributed by atoms with van der Waals surface area (Å²) in [5.41, 5.74) is 3.71. The molecule has 0 saturated carbocycles. The molecule has 13 heteroatoms. The monoisotopic (exact) mass is 733 g/mol. The van der Waals surface area contributed by atoms with Crippen molar-refractivity contribution in [1.82, 2.24) is 9.13 Å². The van der Waals surface area contributed by atoms with Gasteiger partial charge in [-0.3, -0.25) is 9.36 Å². The number of thiazole rings is 1. The normalized spacial score (nSPS) is 14.4. The number of allylic oxidation sites excluding steroid dienone is 1. The van der Waals surface area contributed by atoms with Gasteiger partial charge in [-0.1, -0.05) is 64.9 Å². The number of esters is 2. The van der Waals surface area contributed by atoms with Gasteiger partial charge in [0.2, 0.25) is 0 Å². The SMILES string of the molecule is CCOC(=O)C1=C(C)N=c2s/c(=C/c3cn(Cc4ccc(Cl)c(Cl)c4)c4ccccc34)c(=O)n2[C@H]1c1ccc(OCC(=O)OC)c(OCC)c1. The van der Waals surface area contributed by atoms with Gasteiger partial charge in [0.15, 0.2) is 22.9 Å². The van der Waals surface area contributed by atoms with Gasteiger partial charge in [0.1, 0.15) is 0 Å². The highest BCUT2D eigenvalue weighted by atomic mass is 35.5. The van der Waals surface area contributed by atoms with Crippen molar-refractivity contribution >= 4 is 63.5 Å². The third kappa shape index (κ3) is 6.94. The molecule has 2 aromatic heterocycles. The summed E-state index contributed by atoms with van der Waals surface area (Å²) in [6, 6.07) is 17.7. The molecule has 0 saturated heterocycles. The zero-order chi connectivity index (χ0) is 35.5. The van der Waals surface area contributed by atoms with Crippen LogP contribution < -0.4 is 24.4 Å². The highest BCUT2D eigenvalue weighted by molar-refractivity contribution is 7.07. The van der Waals surface area contributed by atoms with Gasteiger partial charge >= 0.3 is 11.9 Å². The topological polar surface area (TPSA) is 110 Å². The molecular formula is C37H33Cl2N3O7S. The predicted octanol–water partition coefficient (Wildman–Crippen LogP) is 6.06. The smallest absolute Gasteiger partial charge is 0.343 e. The summed E-state index contributed by atoms with van der Waals surface area (Å²) in [5.74, 6) is -0.487. The fourth-order valence-corrected chi connectivity index (χ4v) is 7.24. The first-order valence-electron chi connectivity index (χ1n) is 15.8. The van der Waals surface area contributed by atoms with Crippen molar-refractivity contribution < 1.29 is 28.5 Å². The number of fused-ring (bicyclic) bond motifs is 2. The van der Waals surface area contributed by atoms with E-state index in [4.69, 9.17) is 47.1 Å². The Labute approximate surface area is 301 Å². The van der Waals surface area contributed by atoms with Gasteiger partial charge in [0, 0.05) is 29.2 Å². The number of para-hydroxylation sites is 1. The molecular weight excluding hydrogens is 701 g/mol. The molecule has 0 radical (unpaired) electrons. The van der Waals surface area contributed by atoms with Crippen LogP contribution in [0.2, 0.25) is 10.0 Å². The van der Waals surface area contributed by atoms with E-state index in [1.807, 2.05) is 55.6 Å². The number of carbonyl (C=O) groups excluding carboxylic acids is 2. The van der Waals surface area contributed by atoms with Crippen molar-refractivity contribution in [2.45, 2.75) is 33.4 Å². The van der Waals surface area contributed by atoms with Crippen molar-refractivity contribution in [3.8, 4) is 11.5 Å². The summed E-state index contributed by atoms with van der Waals surface area (Å²) in [6.07, 6.45) is 3.85. The molecule has 0 aliphatic carbocycles. The Bertz CT molecular complexity index is 2340. The van der Waals surface area contributed by atoms with Crippen LogP contribution in [-0.2, 0) is 25.6 Å². The fourth-order valence-electron chi connectivity index (χ4n) is 5.88. The van der Waals surface area contributed by atoms with E-state index < -0.39 is 18.0 Å². The van der Waals surface area contributed by atoms with Gasteiger partial charge in [-0.15, -0.1) is 0 Å². The number of hydrogen-bond donors (Lipinski definition) is 0. The van der Waals surface area contributed by atoms with Crippen LogP contribution in [0.25, 0.3) is 17.0 Å². The van der Waals surface area contributed by atoms with Gasteiger partial charge in [-0.2, -0.15) is 0 Å². The number of carbonyl (C=O) groups is 2. The van der Waals surface area contributed by atoms with Crippen LogP contribution in [0, 0.1) is 0 Å². The maximum atomic E-state index is 14.4. The average molecular weight is 735 g/mol. The molecule has 3 aromatic carbocycles. The lowest BCUT2D eigenvalue weighted by Crippen LogP contribution is -2.40. The number of nitrogens with zero attached hydrogens (tertiary/aromatic N) is 3. The molecule has 50 heavy (non-hydrogen) atoms. The predicted molar refractivity (Wildman–Crippen MR) is 193 cm³/mol. The van der Waals surface area contributed by atoms with Gasteiger partial charge in [-0.05, 0) is 68.3 Å². The van der Waals surface area contributed by atoms with E-state index >= 15 is 0 Å². The molecule has 1 aliphatic rings. The number of hydrogen-bond acceptors (Lipinski definition) is 9. The molecule has 1 aliphatic heterocycles. The Morgan fingerprint density at radius 2 is 1.78 bits per heavy atom. The summed E-state index contributed by atoms with van der Waals surface area (Å²) in [5, 5.41) is 1.92. The molecule has 0 unspecified atom stereocenters. The fraction of sp³-hybridized carbons (Fsp3) is 0.243.